The van der Waals surface area contributed by atoms with E-state index in [9.17, 15) is 4.79 Å². The molecule has 82 valence electrons. The van der Waals surface area contributed by atoms with Crippen molar-refractivity contribution in [2.45, 2.75) is 39.0 Å². The Morgan fingerprint density at radius 2 is 2.07 bits per heavy atom. The van der Waals surface area contributed by atoms with Gasteiger partial charge in [0.05, 0.1) is 6.23 Å². The van der Waals surface area contributed by atoms with E-state index >= 15 is 0 Å². The second kappa shape index (κ2) is 5.31. The summed E-state index contributed by atoms with van der Waals surface area (Å²) in [4.78, 5) is 11.2. The number of hydrogen-bond acceptors (Lipinski definition) is 3. The third kappa shape index (κ3) is 4.06. The van der Waals surface area contributed by atoms with Crippen molar-refractivity contribution < 1.29 is 9.53 Å². The summed E-state index contributed by atoms with van der Waals surface area (Å²) in [5.74, 6) is -0.311. The van der Waals surface area contributed by atoms with Crippen LogP contribution in [0, 0.1) is 0 Å². The fraction of sp³-hybridized carbons (Fsp3) is 0.700. The van der Waals surface area contributed by atoms with Crippen LogP contribution in [0.2, 0.25) is 13.1 Å². The molecule has 0 aromatic heterocycles. The Balaban J connectivity index is 4.11. The molecule has 0 amide bonds. The molecular formula is C10H21NO2Si. The summed E-state index contributed by atoms with van der Waals surface area (Å²) in [6.07, 6.45) is 1.41. The van der Waals surface area contributed by atoms with Crippen molar-refractivity contribution in [1.82, 2.24) is 0 Å². The minimum atomic E-state index is -1.62. The normalized spacial score (nSPS) is 13.5. The van der Waals surface area contributed by atoms with Gasteiger partial charge in [-0.05, 0) is 13.3 Å². The van der Waals surface area contributed by atoms with Gasteiger partial charge in [0.15, 0.2) is 0 Å². The quantitative estimate of drug-likeness (QED) is 0.431. The van der Waals surface area contributed by atoms with Gasteiger partial charge in [0, 0.05) is 11.2 Å². The number of esters is 1. The molecule has 1 unspecified atom stereocenters. The maximum atomic E-state index is 11.2. The molecule has 1 atom stereocenters. The van der Waals surface area contributed by atoms with E-state index in [-0.39, 0.29) is 11.6 Å². The second-order valence-electron chi connectivity index (χ2n) is 4.36. The summed E-state index contributed by atoms with van der Waals surface area (Å²) in [7, 11) is -1.62. The van der Waals surface area contributed by atoms with E-state index in [0.29, 0.717) is 11.8 Å². The van der Waals surface area contributed by atoms with E-state index in [4.69, 9.17) is 10.5 Å². The van der Waals surface area contributed by atoms with Crippen LogP contribution in [0.4, 0.5) is 0 Å². The molecule has 0 spiro atoms. The Kier molecular flexibility index (Phi) is 5.08. The van der Waals surface area contributed by atoms with Crippen molar-refractivity contribution in [1.29, 1.82) is 0 Å². The highest BCUT2D eigenvalue weighted by Gasteiger charge is 2.29. The molecule has 0 aromatic rings. The van der Waals surface area contributed by atoms with Gasteiger partial charge in [0.1, 0.15) is 8.07 Å². The third-order valence-corrected chi connectivity index (χ3v) is 5.67. The SMILES string of the molecule is C=C(C)C(=O)OC[Si](C)(C)C(N)CC. The molecule has 0 aliphatic heterocycles. The van der Waals surface area contributed by atoms with Crippen LogP contribution in [0.3, 0.4) is 0 Å². The predicted octanol–water partition coefficient (Wildman–Crippen LogP) is 1.63. The van der Waals surface area contributed by atoms with Gasteiger partial charge in [-0.3, -0.25) is 0 Å². The van der Waals surface area contributed by atoms with E-state index in [1.807, 2.05) is 0 Å². The zero-order chi connectivity index (χ0) is 11.4. The average molecular weight is 215 g/mol. The van der Waals surface area contributed by atoms with Crippen molar-refractivity contribution in [2.24, 2.45) is 5.73 Å². The molecule has 14 heavy (non-hydrogen) atoms. The lowest BCUT2D eigenvalue weighted by atomic mass is 10.4. The Bertz CT molecular complexity index is 226. The average Bonchev–Trinajstić information content (AvgIpc) is 2.12. The molecular weight excluding hydrogens is 194 g/mol. The number of carbonyl (C=O) groups is 1. The van der Waals surface area contributed by atoms with Crippen LogP contribution in [0.25, 0.3) is 0 Å². The molecule has 3 nitrogen and oxygen atoms in total. The lowest BCUT2D eigenvalue weighted by Crippen LogP contribution is -2.51. The molecule has 0 rings (SSSR count). The van der Waals surface area contributed by atoms with Gasteiger partial charge in [0.2, 0.25) is 0 Å². The molecule has 0 aromatic carbocycles. The number of rotatable bonds is 5. The van der Waals surface area contributed by atoms with Crippen LogP contribution >= 0.6 is 0 Å². The van der Waals surface area contributed by atoms with Crippen LogP contribution in [0.15, 0.2) is 12.2 Å². The molecule has 0 saturated carbocycles. The van der Waals surface area contributed by atoms with Crippen molar-refractivity contribution in [3.8, 4) is 0 Å². The molecule has 0 aliphatic rings. The van der Waals surface area contributed by atoms with Crippen molar-refractivity contribution in [3.63, 3.8) is 0 Å². The minimum absolute atomic E-state index is 0.181. The van der Waals surface area contributed by atoms with Gasteiger partial charge in [-0.15, -0.1) is 0 Å². The van der Waals surface area contributed by atoms with Crippen LogP contribution < -0.4 is 5.73 Å². The number of carbonyl (C=O) groups excluding carboxylic acids is 1. The van der Waals surface area contributed by atoms with Gasteiger partial charge in [-0.1, -0.05) is 26.6 Å². The van der Waals surface area contributed by atoms with Crippen molar-refractivity contribution in [2.75, 3.05) is 6.23 Å². The van der Waals surface area contributed by atoms with Gasteiger partial charge in [-0.25, -0.2) is 4.79 Å². The summed E-state index contributed by atoms with van der Waals surface area (Å²) in [6.45, 7) is 11.5. The first kappa shape index (κ1) is 13.4. The first-order valence-corrected chi connectivity index (χ1v) is 8.18. The molecule has 0 fully saturated rings. The molecule has 0 aliphatic carbocycles. The summed E-state index contributed by atoms with van der Waals surface area (Å²) in [5.41, 5.74) is 6.59. The second-order valence-corrected chi connectivity index (χ2v) is 9.37. The Morgan fingerprint density at radius 3 is 2.43 bits per heavy atom. The van der Waals surface area contributed by atoms with Crippen LogP contribution in [-0.4, -0.2) is 25.9 Å². The monoisotopic (exact) mass is 215 g/mol. The first-order valence-electron chi connectivity index (χ1n) is 4.89. The van der Waals surface area contributed by atoms with E-state index in [2.05, 4.69) is 26.6 Å². The summed E-state index contributed by atoms with van der Waals surface area (Å²) >= 11 is 0. The van der Waals surface area contributed by atoms with Gasteiger partial charge in [-0.2, -0.15) is 0 Å². The third-order valence-electron chi connectivity index (χ3n) is 2.37. The van der Waals surface area contributed by atoms with E-state index in [1.54, 1.807) is 6.92 Å². The molecule has 0 radical (unpaired) electrons. The molecule has 0 bridgehead atoms. The Morgan fingerprint density at radius 1 is 1.57 bits per heavy atom. The topological polar surface area (TPSA) is 52.3 Å². The van der Waals surface area contributed by atoms with E-state index < -0.39 is 8.07 Å². The number of nitrogens with two attached hydrogens (primary N) is 1. The summed E-state index contributed by atoms with van der Waals surface area (Å²) in [6, 6.07) is 0. The highest BCUT2D eigenvalue weighted by Crippen LogP contribution is 2.10. The summed E-state index contributed by atoms with van der Waals surface area (Å²) < 4.78 is 5.13. The standard InChI is InChI=1S/C10H21NO2Si/c1-6-9(11)14(4,5)7-13-10(12)8(2)3/h9H,2,6-7,11H2,1,3-5H3. The molecule has 0 heterocycles. The van der Waals surface area contributed by atoms with E-state index in [1.165, 1.54) is 0 Å². The predicted molar refractivity (Wildman–Crippen MR) is 61.5 cm³/mol. The largest absolute Gasteiger partial charge is 0.466 e. The summed E-state index contributed by atoms with van der Waals surface area (Å²) in [5, 5.41) is 0. The number of ether oxygens (including phenoxy) is 1. The van der Waals surface area contributed by atoms with Crippen LogP contribution in [-0.2, 0) is 9.53 Å². The van der Waals surface area contributed by atoms with Crippen LogP contribution in [0.1, 0.15) is 20.3 Å². The van der Waals surface area contributed by atoms with Crippen molar-refractivity contribution in [3.05, 3.63) is 12.2 Å². The lowest BCUT2D eigenvalue weighted by molar-refractivity contribution is -0.137. The lowest BCUT2D eigenvalue weighted by Gasteiger charge is -2.27. The Hall–Kier alpha value is -0.613. The fourth-order valence-corrected chi connectivity index (χ4v) is 2.86. The zero-order valence-electron chi connectivity index (χ0n) is 9.59. The highest BCUT2D eigenvalue weighted by atomic mass is 28.3. The van der Waals surface area contributed by atoms with Crippen molar-refractivity contribution >= 4 is 14.0 Å². The van der Waals surface area contributed by atoms with Gasteiger partial charge in [0.25, 0.3) is 0 Å². The van der Waals surface area contributed by atoms with E-state index in [0.717, 1.165) is 6.42 Å². The minimum Gasteiger partial charge on any atom is -0.466 e. The Labute approximate surface area is 87.3 Å². The maximum absolute atomic E-state index is 11.2. The highest BCUT2D eigenvalue weighted by molar-refractivity contribution is 6.78. The molecule has 2 N–H and O–H groups in total. The number of hydrogen-bond donors (Lipinski definition) is 1. The molecule has 4 heteroatoms. The maximum Gasteiger partial charge on any atom is 0.332 e. The molecule has 0 saturated heterocycles. The zero-order valence-corrected chi connectivity index (χ0v) is 10.6. The van der Waals surface area contributed by atoms with Gasteiger partial charge >= 0.3 is 5.97 Å². The van der Waals surface area contributed by atoms with Crippen LogP contribution in [0.5, 0.6) is 0 Å². The fourth-order valence-electron chi connectivity index (χ4n) is 1.03. The smallest absolute Gasteiger partial charge is 0.332 e. The first-order chi connectivity index (χ1) is 6.31. The van der Waals surface area contributed by atoms with Gasteiger partial charge < -0.3 is 10.5 Å².